The van der Waals surface area contributed by atoms with Gasteiger partial charge in [0.1, 0.15) is 17.4 Å². The van der Waals surface area contributed by atoms with Gasteiger partial charge in [-0.2, -0.15) is 4.31 Å². The first-order valence-electron chi connectivity index (χ1n) is 6.55. The third kappa shape index (κ3) is 2.40. The van der Waals surface area contributed by atoms with E-state index in [0.29, 0.717) is 24.7 Å². The van der Waals surface area contributed by atoms with Crippen molar-refractivity contribution >= 4 is 10.0 Å². The Labute approximate surface area is 123 Å². The van der Waals surface area contributed by atoms with E-state index in [1.165, 1.54) is 4.31 Å². The van der Waals surface area contributed by atoms with Gasteiger partial charge in [0, 0.05) is 13.1 Å². The molecule has 2 heterocycles. The molecule has 1 aromatic carbocycles. The molecule has 7 nitrogen and oxygen atoms in total. The van der Waals surface area contributed by atoms with Gasteiger partial charge in [-0.05, 0) is 31.2 Å². The standard InChI is InChI=1S/C13H16N4O3S/c1-10-14-15-13-9-16(7-8-17(10)13)21(18,19)12-5-3-11(20-2)4-6-12/h3-6H,7-9H2,1-2H3. The van der Waals surface area contributed by atoms with E-state index in [0.717, 1.165) is 5.82 Å². The first kappa shape index (κ1) is 14.0. The molecular weight excluding hydrogens is 292 g/mol. The molecule has 0 saturated carbocycles. The lowest BCUT2D eigenvalue weighted by Crippen LogP contribution is -2.38. The molecule has 0 aliphatic carbocycles. The molecule has 2 aromatic rings. The average molecular weight is 308 g/mol. The van der Waals surface area contributed by atoms with Crippen molar-refractivity contribution in [3.8, 4) is 5.75 Å². The number of hydrogen-bond donors (Lipinski definition) is 0. The zero-order valence-electron chi connectivity index (χ0n) is 11.9. The summed E-state index contributed by atoms with van der Waals surface area (Å²) < 4.78 is 33.7. The molecule has 0 bridgehead atoms. The summed E-state index contributed by atoms with van der Waals surface area (Å²) in [6.07, 6.45) is 0. The number of sulfonamides is 1. The summed E-state index contributed by atoms with van der Waals surface area (Å²) in [4.78, 5) is 0.257. The predicted molar refractivity (Wildman–Crippen MR) is 75.3 cm³/mol. The zero-order chi connectivity index (χ0) is 15.0. The molecule has 21 heavy (non-hydrogen) atoms. The molecule has 1 aliphatic rings. The fourth-order valence-corrected chi connectivity index (χ4v) is 3.77. The quantitative estimate of drug-likeness (QED) is 0.838. The number of methoxy groups -OCH3 is 1. The van der Waals surface area contributed by atoms with Crippen LogP contribution in [-0.2, 0) is 23.1 Å². The minimum absolute atomic E-state index is 0.245. The Kier molecular flexibility index (Phi) is 3.42. The van der Waals surface area contributed by atoms with Gasteiger partial charge in [0.15, 0.2) is 0 Å². The van der Waals surface area contributed by atoms with E-state index in [2.05, 4.69) is 10.2 Å². The largest absolute Gasteiger partial charge is 0.497 e. The van der Waals surface area contributed by atoms with Crippen LogP contribution in [-0.4, -0.2) is 41.1 Å². The number of hydrogen-bond acceptors (Lipinski definition) is 5. The highest BCUT2D eigenvalue weighted by Crippen LogP contribution is 2.23. The topological polar surface area (TPSA) is 77.3 Å². The summed E-state index contributed by atoms with van der Waals surface area (Å²) in [5.74, 6) is 2.12. The van der Waals surface area contributed by atoms with Crippen LogP contribution < -0.4 is 4.74 Å². The number of fused-ring (bicyclic) bond motifs is 1. The van der Waals surface area contributed by atoms with Crippen molar-refractivity contribution in [3.05, 3.63) is 35.9 Å². The van der Waals surface area contributed by atoms with Gasteiger partial charge < -0.3 is 9.30 Å². The van der Waals surface area contributed by atoms with Gasteiger partial charge in [-0.1, -0.05) is 0 Å². The fourth-order valence-electron chi connectivity index (χ4n) is 2.38. The summed E-state index contributed by atoms with van der Waals surface area (Å²) in [5.41, 5.74) is 0. The maximum atomic E-state index is 12.6. The van der Waals surface area contributed by atoms with E-state index in [1.807, 2.05) is 11.5 Å². The van der Waals surface area contributed by atoms with E-state index in [4.69, 9.17) is 4.74 Å². The highest BCUT2D eigenvalue weighted by Gasteiger charge is 2.30. The molecule has 0 fully saturated rings. The van der Waals surface area contributed by atoms with Crippen molar-refractivity contribution < 1.29 is 13.2 Å². The third-order valence-electron chi connectivity index (χ3n) is 3.60. The second kappa shape index (κ2) is 5.12. The molecule has 8 heteroatoms. The molecule has 0 amide bonds. The zero-order valence-corrected chi connectivity index (χ0v) is 12.7. The molecule has 112 valence electrons. The number of nitrogens with zero attached hydrogens (tertiary/aromatic N) is 4. The van der Waals surface area contributed by atoms with Crippen LogP contribution in [0.5, 0.6) is 5.75 Å². The van der Waals surface area contributed by atoms with E-state index < -0.39 is 10.0 Å². The number of aryl methyl sites for hydroxylation is 1. The van der Waals surface area contributed by atoms with Gasteiger partial charge in [-0.25, -0.2) is 8.42 Å². The number of rotatable bonds is 3. The van der Waals surface area contributed by atoms with Gasteiger partial charge in [0.25, 0.3) is 0 Å². The Balaban J connectivity index is 1.89. The number of ether oxygens (including phenoxy) is 1. The van der Waals surface area contributed by atoms with E-state index in [1.54, 1.807) is 31.4 Å². The van der Waals surface area contributed by atoms with Crippen molar-refractivity contribution in [2.45, 2.75) is 24.9 Å². The summed E-state index contributed by atoms with van der Waals surface area (Å²) >= 11 is 0. The molecule has 0 radical (unpaired) electrons. The lowest BCUT2D eigenvalue weighted by atomic mass is 10.3. The monoisotopic (exact) mass is 308 g/mol. The van der Waals surface area contributed by atoms with Crippen LogP contribution in [0.3, 0.4) is 0 Å². The molecule has 3 rings (SSSR count). The van der Waals surface area contributed by atoms with Crippen LogP contribution in [0.25, 0.3) is 0 Å². The summed E-state index contributed by atoms with van der Waals surface area (Å²) in [6.45, 7) is 3.10. The van der Waals surface area contributed by atoms with E-state index >= 15 is 0 Å². The molecule has 1 aromatic heterocycles. The van der Waals surface area contributed by atoms with Crippen LogP contribution in [0.1, 0.15) is 11.6 Å². The fraction of sp³-hybridized carbons (Fsp3) is 0.385. The molecule has 1 aliphatic heterocycles. The Hall–Kier alpha value is -1.93. The van der Waals surface area contributed by atoms with E-state index in [-0.39, 0.29) is 11.4 Å². The minimum atomic E-state index is -3.52. The lowest BCUT2D eigenvalue weighted by Gasteiger charge is -2.26. The Morgan fingerprint density at radius 1 is 1.14 bits per heavy atom. The lowest BCUT2D eigenvalue weighted by molar-refractivity contribution is 0.333. The van der Waals surface area contributed by atoms with Crippen molar-refractivity contribution in [2.75, 3.05) is 13.7 Å². The minimum Gasteiger partial charge on any atom is -0.497 e. The third-order valence-corrected chi connectivity index (χ3v) is 5.46. The number of aromatic nitrogens is 3. The van der Waals surface area contributed by atoms with Gasteiger partial charge in [-0.3, -0.25) is 0 Å². The molecule has 0 unspecified atom stereocenters. The summed E-state index contributed by atoms with van der Waals surface area (Å²) in [5, 5.41) is 8.01. The summed E-state index contributed by atoms with van der Waals surface area (Å²) in [7, 11) is -1.98. The maximum Gasteiger partial charge on any atom is 0.243 e. The van der Waals surface area contributed by atoms with Crippen molar-refractivity contribution in [1.29, 1.82) is 0 Å². The molecule has 0 atom stereocenters. The second-order valence-corrected chi connectivity index (χ2v) is 6.77. The average Bonchev–Trinajstić information content (AvgIpc) is 2.88. The SMILES string of the molecule is COc1ccc(S(=O)(=O)N2CCn3c(C)nnc3C2)cc1. The molecular formula is C13H16N4O3S. The Bertz CT molecular complexity index is 752. The van der Waals surface area contributed by atoms with Crippen molar-refractivity contribution in [3.63, 3.8) is 0 Å². The first-order valence-corrected chi connectivity index (χ1v) is 7.99. The molecule has 0 N–H and O–H groups in total. The number of benzene rings is 1. The van der Waals surface area contributed by atoms with Gasteiger partial charge in [-0.15, -0.1) is 10.2 Å². The van der Waals surface area contributed by atoms with E-state index in [9.17, 15) is 8.42 Å². The highest BCUT2D eigenvalue weighted by atomic mass is 32.2. The van der Waals surface area contributed by atoms with Gasteiger partial charge >= 0.3 is 0 Å². The second-order valence-electron chi connectivity index (χ2n) is 4.83. The van der Waals surface area contributed by atoms with Crippen LogP contribution >= 0.6 is 0 Å². The van der Waals surface area contributed by atoms with Crippen LogP contribution in [0.15, 0.2) is 29.2 Å². The Morgan fingerprint density at radius 2 is 1.86 bits per heavy atom. The molecule has 0 spiro atoms. The van der Waals surface area contributed by atoms with Gasteiger partial charge in [0.2, 0.25) is 10.0 Å². The van der Waals surface area contributed by atoms with Crippen LogP contribution in [0, 0.1) is 6.92 Å². The predicted octanol–water partition coefficient (Wildman–Crippen LogP) is 0.800. The molecule has 0 saturated heterocycles. The van der Waals surface area contributed by atoms with Crippen LogP contribution in [0.2, 0.25) is 0 Å². The maximum absolute atomic E-state index is 12.6. The highest BCUT2D eigenvalue weighted by molar-refractivity contribution is 7.89. The first-order chi connectivity index (χ1) is 10.0. The summed E-state index contributed by atoms with van der Waals surface area (Å²) in [6, 6.07) is 6.39. The van der Waals surface area contributed by atoms with Crippen molar-refractivity contribution in [1.82, 2.24) is 19.1 Å². The van der Waals surface area contributed by atoms with Gasteiger partial charge in [0.05, 0.1) is 18.6 Å². The smallest absolute Gasteiger partial charge is 0.243 e. The normalized spacial score (nSPS) is 15.7. The van der Waals surface area contributed by atoms with Crippen LogP contribution in [0.4, 0.5) is 0 Å². The van der Waals surface area contributed by atoms with Crippen molar-refractivity contribution in [2.24, 2.45) is 0 Å². The Morgan fingerprint density at radius 3 is 2.52 bits per heavy atom.